The first kappa shape index (κ1) is 19.0. The van der Waals surface area contributed by atoms with E-state index in [0.29, 0.717) is 13.1 Å². The SMILES string of the molecule is C[C@@H](NS(=O)(=O)c1ccc(S(=O)(=O)N2CCCC2)cc1)c1ccccc1. The molecule has 0 spiro atoms. The first-order valence-electron chi connectivity index (χ1n) is 8.48. The summed E-state index contributed by atoms with van der Waals surface area (Å²) in [5.41, 5.74) is 0.851. The minimum Gasteiger partial charge on any atom is -0.207 e. The zero-order valence-electron chi connectivity index (χ0n) is 14.5. The lowest BCUT2D eigenvalue weighted by Crippen LogP contribution is -2.28. The van der Waals surface area contributed by atoms with Crippen LogP contribution in [-0.2, 0) is 20.0 Å². The van der Waals surface area contributed by atoms with E-state index in [2.05, 4.69) is 4.72 Å². The van der Waals surface area contributed by atoms with Crippen LogP contribution < -0.4 is 4.72 Å². The second-order valence-electron chi connectivity index (χ2n) is 6.34. The molecule has 0 radical (unpaired) electrons. The van der Waals surface area contributed by atoms with Gasteiger partial charge in [0, 0.05) is 19.1 Å². The zero-order chi connectivity index (χ0) is 18.8. The van der Waals surface area contributed by atoms with Crippen LogP contribution in [0.5, 0.6) is 0 Å². The average Bonchev–Trinajstić information content (AvgIpc) is 3.18. The highest BCUT2D eigenvalue weighted by Gasteiger charge is 2.27. The third-order valence-corrected chi connectivity index (χ3v) is 7.94. The molecule has 0 bridgehead atoms. The predicted molar refractivity (Wildman–Crippen MR) is 99.6 cm³/mol. The zero-order valence-corrected chi connectivity index (χ0v) is 16.1. The number of nitrogens with zero attached hydrogens (tertiary/aromatic N) is 1. The summed E-state index contributed by atoms with van der Waals surface area (Å²) in [6.45, 7) is 2.79. The summed E-state index contributed by atoms with van der Waals surface area (Å²) < 4.78 is 54.2. The maximum atomic E-state index is 12.6. The normalized spacial score (nSPS) is 17.3. The Balaban J connectivity index is 1.79. The fraction of sp³-hybridized carbons (Fsp3) is 0.333. The van der Waals surface area contributed by atoms with Gasteiger partial charge in [-0.1, -0.05) is 30.3 Å². The minimum absolute atomic E-state index is 0.0423. The lowest BCUT2D eigenvalue weighted by atomic mass is 10.1. The summed E-state index contributed by atoms with van der Waals surface area (Å²) in [6, 6.07) is 14.2. The van der Waals surface area contributed by atoms with Crippen molar-refractivity contribution in [3.05, 3.63) is 60.2 Å². The van der Waals surface area contributed by atoms with Crippen LogP contribution in [0, 0.1) is 0 Å². The molecule has 1 N–H and O–H groups in total. The molecule has 6 nitrogen and oxygen atoms in total. The van der Waals surface area contributed by atoms with E-state index >= 15 is 0 Å². The number of sulfonamides is 2. The monoisotopic (exact) mass is 394 g/mol. The van der Waals surface area contributed by atoms with Crippen LogP contribution in [0.4, 0.5) is 0 Å². The van der Waals surface area contributed by atoms with Gasteiger partial charge in [0.05, 0.1) is 9.79 Å². The third kappa shape index (κ3) is 3.98. The molecule has 2 aromatic carbocycles. The van der Waals surface area contributed by atoms with Crippen LogP contribution in [0.15, 0.2) is 64.4 Å². The fourth-order valence-electron chi connectivity index (χ4n) is 2.98. The molecule has 0 aliphatic carbocycles. The van der Waals surface area contributed by atoms with Gasteiger partial charge in [-0.25, -0.2) is 21.6 Å². The second kappa shape index (κ2) is 7.48. The Hall–Kier alpha value is -1.74. The maximum Gasteiger partial charge on any atom is 0.243 e. The van der Waals surface area contributed by atoms with E-state index in [0.717, 1.165) is 18.4 Å². The van der Waals surface area contributed by atoms with Crippen molar-refractivity contribution in [2.45, 2.75) is 35.6 Å². The molecule has 0 aromatic heterocycles. The molecule has 8 heteroatoms. The average molecular weight is 395 g/mol. The van der Waals surface area contributed by atoms with Gasteiger partial charge in [-0.05, 0) is 49.6 Å². The van der Waals surface area contributed by atoms with E-state index < -0.39 is 26.1 Å². The van der Waals surface area contributed by atoms with E-state index in [-0.39, 0.29) is 9.79 Å². The first-order chi connectivity index (χ1) is 12.3. The molecule has 1 atom stereocenters. The van der Waals surface area contributed by atoms with Gasteiger partial charge in [0.15, 0.2) is 0 Å². The number of benzene rings is 2. The Kier molecular flexibility index (Phi) is 5.47. The highest BCUT2D eigenvalue weighted by atomic mass is 32.2. The molecule has 1 saturated heterocycles. The van der Waals surface area contributed by atoms with Crippen molar-refractivity contribution in [2.75, 3.05) is 13.1 Å². The highest BCUT2D eigenvalue weighted by molar-refractivity contribution is 7.89. The van der Waals surface area contributed by atoms with E-state index in [1.54, 1.807) is 6.92 Å². The van der Waals surface area contributed by atoms with Crippen molar-refractivity contribution in [3.8, 4) is 0 Å². The largest absolute Gasteiger partial charge is 0.243 e. The molecule has 2 aromatic rings. The Morgan fingerprint density at radius 1 is 0.846 bits per heavy atom. The van der Waals surface area contributed by atoms with Gasteiger partial charge in [-0.2, -0.15) is 4.31 Å². The molecule has 0 unspecified atom stereocenters. The van der Waals surface area contributed by atoms with Crippen molar-refractivity contribution >= 4 is 20.0 Å². The third-order valence-electron chi connectivity index (χ3n) is 4.47. The standard InChI is InChI=1S/C18H22N2O4S2/c1-15(16-7-3-2-4-8-16)19-25(21,22)17-9-11-18(12-10-17)26(23,24)20-13-5-6-14-20/h2-4,7-12,15,19H,5-6,13-14H2,1H3/t15-/m1/s1. The smallest absolute Gasteiger partial charge is 0.207 e. The Labute approximate surface area is 155 Å². The van der Waals surface area contributed by atoms with Crippen molar-refractivity contribution in [1.82, 2.24) is 9.03 Å². The number of rotatable bonds is 6. The number of nitrogens with one attached hydrogen (secondary N) is 1. The molecule has 3 rings (SSSR count). The van der Waals surface area contributed by atoms with Crippen molar-refractivity contribution in [2.24, 2.45) is 0 Å². The maximum absolute atomic E-state index is 12.6. The van der Waals surface area contributed by atoms with Crippen molar-refractivity contribution < 1.29 is 16.8 Å². The van der Waals surface area contributed by atoms with E-state index in [9.17, 15) is 16.8 Å². The molecule has 1 aliphatic rings. The summed E-state index contributed by atoms with van der Waals surface area (Å²) in [6.07, 6.45) is 1.71. The Morgan fingerprint density at radius 3 is 1.96 bits per heavy atom. The lowest BCUT2D eigenvalue weighted by molar-refractivity contribution is 0.477. The first-order valence-corrected chi connectivity index (χ1v) is 11.4. The summed E-state index contributed by atoms with van der Waals surface area (Å²) in [4.78, 5) is 0.162. The molecule has 140 valence electrons. The Bertz CT molecular complexity index is 950. The van der Waals surface area contributed by atoms with Gasteiger partial charge < -0.3 is 0 Å². The van der Waals surface area contributed by atoms with Gasteiger partial charge in [0.2, 0.25) is 20.0 Å². The second-order valence-corrected chi connectivity index (χ2v) is 9.99. The van der Waals surface area contributed by atoms with Crippen molar-refractivity contribution in [3.63, 3.8) is 0 Å². The van der Waals surface area contributed by atoms with Crippen molar-refractivity contribution in [1.29, 1.82) is 0 Å². The minimum atomic E-state index is -3.75. The van der Waals surface area contributed by atoms with Crippen LogP contribution in [-0.4, -0.2) is 34.2 Å². The summed E-state index contributed by atoms with van der Waals surface area (Å²) >= 11 is 0. The highest BCUT2D eigenvalue weighted by Crippen LogP contribution is 2.23. The number of hydrogen-bond donors (Lipinski definition) is 1. The van der Waals surface area contributed by atoms with E-state index in [1.165, 1.54) is 28.6 Å². The van der Waals surface area contributed by atoms with Gasteiger partial charge in [-0.3, -0.25) is 0 Å². The molecule has 0 saturated carbocycles. The number of hydrogen-bond acceptors (Lipinski definition) is 4. The van der Waals surface area contributed by atoms with Gasteiger partial charge >= 0.3 is 0 Å². The predicted octanol–water partition coefficient (Wildman–Crippen LogP) is 2.51. The summed E-state index contributed by atoms with van der Waals surface area (Å²) in [5, 5.41) is 0. The summed E-state index contributed by atoms with van der Waals surface area (Å²) in [7, 11) is -7.30. The molecule has 0 amide bonds. The topological polar surface area (TPSA) is 83.5 Å². The van der Waals surface area contributed by atoms with Crippen LogP contribution in [0.1, 0.15) is 31.4 Å². The van der Waals surface area contributed by atoms with E-state index in [4.69, 9.17) is 0 Å². The molecular formula is C18H22N2O4S2. The van der Waals surface area contributed by atoms with Crippen LogP contribution in [0.25, 0.3) is 0 Å². The van der Waals surface area contributed by atoms with E-state index in [1.807, 2.05) is 30.3 Å². The molecule has 1 heterocycles. The van der Waals surface area contributed by atoms with Gasteiger partial charge in [0.1, 0.15) is 0 Å². The summed E-state index contributed by atoms with van der Waals surface area (Å²) in [5.74, 6) is 0. The van der Waals surface area contributed by atoms with Crippen LogP contribution in [0.2, 0.25) is 0 Å². The quantitative estimate of drug-likeness (QED) is 0.816. The van der Waals surface area contributed by atoms with Crippen LogP contribution >= 0.6 is 0 Å². The molecule has 26 heavy (non-hydrogen) atoms. The molecule has 1 fully saturated rings. The molecular weight excluding hydrogens is 372 g/mol. The molecule has 1 aliphatic heterocycles. The Morgan fingerprint density at radius 2 is 1.38 bits per heavy atom. The fourth-order valence-corrected chi connectivity index (χ4v) is 5.73. The van der Waals surface area contributed by atoms with Crippen LogP contribution in [0.3, 0.4) is 0 Å². The van der Waals surface area contributed by atoms with Gasteiger partial charge in [0.25, 0.3) is 0 Å². The lowest BCUT2D eigenvalue weighted by Gasteiger charge is -2.17. The van der Waals surface area contributed by atoms with Gasteiger partial charge in [-0.15, -0.1) is 0 Å².